The zero-order valence-electron chi connectivity index (χ0n) is 9.47. The van der Waals surface area contributed by atoms with E-state index in [1.54, 1.807) is 9.80 Å². The van der Waals surface area contributed by atoms with Crippen molar-refractivity contribution in [1.29, 1.82) is 0 Å². The fourth-order valence-corrected chi connectivity index (χ4v) is 1.90. The topological polar surface area (TPSA) is 58.4 Å². The zero-order chi connectivity index (χ0) is 12.4. The lowest BCUT2D eigenvalue weighted by atomic mass is 10.3. The van der Waals surface area contributed by atoms with Crippen LogP contribution in [0.1, 0.15) is 6.92 Å². The second kappa shape index (κ2) is 4.75. The smallest absolute Gasteiger partial charge is 0.339 e. The van der Waals surface area contributed by atoms with E-state index in [0.717, 1.165) is 0 Å². The quantitative estimate of drug-likeness (QED) is 0.686. The molecule has 0 bridgehead atoms. The maximum absolute atomic E-state index is 12.0. The van der Waals surface area contributed by atoms with Gasteiger partial charge in [0.05, 0.1) is 17.4 Å². The van der Waals surface area contributed by atoms with Crippen molar-refractivity contribution in [2.24, 2.45) is 0 Å². The number of carbonyl (C=O) groups excluding carboxylic acids is 2. The summed E-state index contributed by atoms with van der Waals surface area (Å²) in [6.45, 7) is 3.71. The summed E-state index contributed by atoms with van der Waals surface area (Å²) in [6, 6.07) is -0.208. The summed E-state index contributed by atoms with van der Waals surface area (Å²) in [5.74, 6) is 0.0410. The van der Waals surface area contributed by atoms with Gasteiger partial charge in [0, 0.05) is 33.1 Å². The highest BCUT2D eigenvalue weighted by Gasteiger charge is 2.23. The molecule has 1 saturated heterocycles. The molecule has 1 aromatic heterocycles. The Bertz CT molecular complexity index is 437. The Morgan fingerprint density at radius 1 is 1.24 bits per heavy atom. The molecule has 0 atom stereocenters. The highest BCUT2D eigenvalue weighted by atomic mass is 35.5. The van der Waals surface area contributed by atoms with E-state index in [2.05, 4.69) is 5.10 Å². The van der Waals surface area contributed by atoms with E-state index in [9.17, 15) is 9.59 Å². The maximum Gasteiger partial charge on any atom is 0.344 e. The van der Waals surface area contributed by atoms with Crippen LogP contribution >= 0.6 is 11.6 Å². The summed E-state index contributed by atoms with van der Waals surface area (Å²) in [6.07, 6.45) is 2.90. The molecule has 2 heterocycles. The van der Waals surface area contributed by atoms with Crippen LogP contribution in [0.25, 0.3) is 0 Å². The number of carbonyl (C=O) groups is 2. The van der Waals surface area contributed by atoms with Crippen LogP contribution in [0.2, 0.25) is 5.02 Å². The van der Waals surface area contributed by atoms with Crippen LogP contribution in [-0.2, 0) is 4.79 Å². The van der Waals surface area contributed by atoms with Gasteiger partial charge in [0.2, 0.25) is 5.91 Å². The van der Waals surface area contributed by atoms with Crippen molar-refractivity contribution in [3.05, 3.63) is 17.4 Å². The third-order valence-corrected chi connectivity index (χ3v) is 2.94. The fourth-order valence-electron chi connectivity index (χ4n) is 1.76. The number of halogens is 1. The number of nitrogens with zero attached hydrogens (tertiary/aromatic N) is 4. The van der Waals surface area contributed by atoms with Crippen LogP contribution in [0.5, 0.6) is 0 Å². The van der Waals surface area contributed by atoms with Crippen molar-refractivity contribution in [3.8, 4) is 0 Å². The molecule has 2 amide bonds. The van der Waals surface area contributed by atoms with Crippen molar-refractivity contribution in [2.45, 2.75) is 6.92 Å². The predicted octanol–water partition coefficient (Wildman–Crippen LogP) is 0.669. The molecule has 0 N–H and O–H groups in total. The standard InChI is InChI=1S/C10H13ClN4O2/c1-8(16)13-2-4-14(5-3-13)10(17)15-7-9(11)6-12-15/h6-7H,2-5H2,1H3. The molecule has 0 radical (unpaired) electrons. The predicted molar refractivity (Wildman–Crippen MR) is 61.9 cm³/mol. The lowest BCUT2D eigenvalue weighted by molar-refractivity contribution is -0.130. The molecule has 1 aliphatic heterocycles. The monoisotopic (exact) mass is 256 g/mol. The van der Waals surface area contributed by atoms with E-state index >= 15 is 0 Å². The highest BCUT2D eigenvalue weighted by molar-refractivity contribution is 6.30. The molecule has 92 valence electrons. The van der Waals surface area contributed by atoms with Gasteiger partial charge in [-0.3, -0.25) is 4.79 Å². The van der Waals surface area contributed by atoms with Gasteiger partial charge >= 0.3 is 6.03 Å². The Kier molecular flexibility index (Phi) is 3.33. The normalized spacial score (nSPS) is 16.1. The Balaban J connectivity index is 1.97. The first-order valence-electron chi connectivity index (χ1n) is 5.33. The van der Waals surface area contributed by atoms with Crippen LogP contribution in [-0.4, -0.2) is 57.7 Å². The minimum atomic E-state index is -0.208. The summed E-state index contributed by atoms with van der Waals surface area (Å²) in [4.78, 5) is 26.5. The Morgan fingerprint density at radius 3 is 2.29 bits per heavy atom. The highest BCUT2D eigenvalue weighted by Crippen LogP contribution is 2.08. The Hall–Kier alpha value is -1.56. The third kappa shape index (κ3) is 2.58. The van der Waals surface area contributed by atoms with E-state index in [4.69, 9.17) is 11.6 Å². The van der Waals surface area contributed by atoms with Gasteiger partial charge < -0.3 is 9.80 Å². The van der Waals surface area contributed by atoms with Gasteiger partial charge in [-0.1, -0.05) is 11.6 Å². The van der Waals surface area contributed by atoms with Crippen molar-refractivity contribution >= 4 is 23.5 Å². The lowest BCUT2D eigenvalue weighted by Crippen LogP contribution is -2.51. The molecule has 0 spiro atoms. The van der Waals surface area contributed by atoms with E-state index in [0.29, 0.717) is 31.2 Å². The number of hydrogen-bond donors (Lipinski definition) is 0. The SMILES string of the molecule is CC(=O)N1CCN(C(=O)n2cc(Cl)cn2)CC1. The minimum absolute atomic E-state index is 0.0410. The van der Waals surface area contributed by atoms with Crippen molar-refractivity contribution < 1.29 is 9.59 Å². The Labute approximate surface area is 104 Å². The summed E-state index contributed by atoms with van der Waals surface area (Å²) in [7, 11) is 0. The summed E-state index contributed by atoms with van der Waals surface area (Å²) in [5.41, 5.74) is 0. The molecule has 1 aromatic rings. The fraction of sp³-hybridized carbons (Fsp3) is 0.500. The van der Waals surface area contributed by atoms with Crippen LogP contribution in [0, 0.1) is 0 Å². The van der Waals surface area contributed by atoms with E-state index < -0.39 is 0 Å². The molecule has 7 heteroatoms. The zero-order valence-corrected chi connectivity index (χ0v) is 10.2. The second-order valence-corrected chi connectivity index (χ2v) is 4.32. The average Bonchev–Trinajstić information content (AvgIpc) is 2.75. The number of hydrogen-bond acceptors (Lipinski definition) is 3. The molecule has 6 nitrogen and oxygen atoms in total. The van der Waals surface area contributed by atoms with Crippen LogP contribution in [0.15, 0.2) is 12.4 Å². The van der Waals surface area contributed by atoms with Crippen LogP contribution in [0.4, 0.5) is 4.79 Å². The largest absolute Gasteiger partial charge is 0.344 e. The number of rotatable bonds is 0. The lowest BCUT2D eigenvalue weighted by Gasteiger charge is -2.33. The molecule has 1 fully saturated rings. The average molecular weight is 257 g/mol. The van der Waals surface area contributed by atoms with Gasteiger partial charge in [0.15, 0.2) is 0 Å². The van der Waals surface area contributed by atoms with Gasteiger partial charge in [0.1, 0.15) is 0 Å². The molecule has 2 rings (SSSR count). The summed E-state index contributed by atoms with van der Waals surface area (Å²) in [5, 5.41) is 4.29. The van der Waals surface area contributed by atoms with Gasteiger partial charge in [-0.15, -0.1) is 0 Å². The van der Waals surface area contributed by atoms with Gasteiger partial charge in [-0.25, -0.2) is 4.79 Å². The van der Waals surface area contributed by atoms with Crippen molar-refractivity contribution in [3.63, 3.8) is 0 Å². The molecule has 0 saturated carbocycles. The molecule has 17 heavy (non-hydrogen) atoms. The first-order valence-corrected chi connectivity index (χ1v) is 5.70. The minimum Gasteiger partial charge on any atom is -0.339 e. The third-order valence-electron chi connectivity index (χ3n) is 2.74. The first-order chi connectivity index (χ1) is 8.08. The molecule has 0 unspecified atom stereocenters. The van der Waals surface area contributed by atoms with Crippen LogP contribution < -0.4 is 0 Å². The van der Waals surface area contributed by atoms with Gasteiger partial charge in [0.25, 0.3) is 0 Å². The van der Waals surface area contributed by atoms with Gasteiger partial charge in [-0.05, 0) is 0 Å². The van der Waals surface area contributed by atoms with E-state index in [1.807, 2.05) is 0 Å². The second-order valence-electron chi connectivity index (χ2n) is 3.88. The molecular weight excluding hydrogens is 244 g/mol. The first kappa shape index (κ1) is 11.9. The van der Waals surface area contributed by atoms with E-state index in [1.165, 1.54) is 24.0 Å². The number of amides is 2. The summed E-state index contributed by atoms with van der Waals surface area (Å²) >= 11 is 5.70. The number of aromatic nitrogens is 2. The van der Waals surface area contributed by atoms with E-state index in [-0.39, 0.29) is 11.9 Å². The van der Waals surface area contributed by atoms with Crippen molar-refractivity contribution in [2.75, 3.05) is 26.2 Å². The number of piperazine rings is 1. The molecular formula is C10H13ClN4O2. The molecule has 0 aliphatic carbocycles. The maximum atomic E-state index is 12.0. The summed E-state index contributed by atoms with van der Waals surface area (Å²) < 4.78 is 1.21. The van der Waals surface area contributed by atoms with Crippen molar-refractivity contribution in [1.82, 2.24) is 19.6 Å². The van der Waals surface area contributed by atoms with Crippen LogP contribution in [0.3, 0.4) is 0 Å². The molecule has 1 aliphatic rings. The molecule has 0 aromatic carbocycles. The Morgan fingerprint density at radius 2 is 1.82 bits per heavy atom. The van der Waals surface area contributed by atoms with Gasteiger partial charge in [-0.2, -0.15) is 9.78 Å².